The standard InChI is InChI=1S/C22H40N4O7.C19H32N6O5.C19H23N5O2.2C15H17N3O3.C12H12N2O3/c1-19-5-8-26(22(28)25-19)20(2)21(27)24-7-10-30-12-14-32-16-18-33-17-15-31-13-11-29-9-4-6-23-3;1-17-3-5-24(19(26)21-17)15-18-16-25(23-22-18)6-8-28-10-12-30-14-13-29-11-9-27-7-4-20-2;1-3-4-11-26-18-7-5-16(6-8-18)12-24-14-17(21-22-24)13-23-10-9-15(2)20-19(23)25;2*1-10-8-12(21-9-14(19)16-3)4-5-13(10)18-7-6-11(2)17-15(18)20;1-8-7-9(17-2)3-4-10(8)14-6-5-11(15)13-12(14)16/h5,8,20,23H,1,4,6-7,9-18H2,2-3H3,(H,24,27)(H,25,28);3,5,16,20H,1,4,6-15H2,2H3,(H,21,26);5-10,14H,2-4,11-13H2,1H3,(H,20,25);2*4-8H,2,9H2,1,3H3,(H,16,19)(H,17,20);3-7H,1-2H3,(H,13,15,16). The van der Waals surface area contributed by atoms with Gasteiger partial charge in [0.05, 0.1) is 182 Å². The van der Waals surface area contributed by atoms with Crippen molar-refractivity contribution < 1.29 is 99.9 Å². The molecule has 0 saturated heterocycles. The summed E-state index contributed by atoms with van der Waals surface area (Å²) >= 11 is 0. The molecule has 7 aromatic rings. The predicted molar refractivity (Wildman–Crippen MR) is 556 cm³/mol. The Bertz CT molecular complexity index is 5610. The molecule has 46 heteroatoms. The van der Waals surface area contributed by atoms with Gasteiger partial charge in [-0.1, -0.05) is 68.8 Å². The number of urea groups is 5. The molecule has 0 radical (unpaired) electrons. The van der Waals surface area contributed by atoms with Gasteiger partial charge in [0.25, 0.3) is 17.4 Å². The highest BCUT2D eigenvalue weighted by Crippen LogP contribution is 2.29. The van der Waals surface area contributed by atoms with Gasteiger partial charge in [-0.25, -0.2) is 38.1 Å². The second kappa shape index (κ2) is 68.2. The molecule has 1 unspecified atom stereocenters. The third-order valence-electron chi connectivity index (χ3n) is 20.9. The second-order valence-corrected chi connectivity index (χ2v) is 32.5. The van der Waals surface area contributed by atoms with Crippen LogP contribution >= 0.6 is 0 Å². The number of benzene rings is 4. The van der Waals surface area contributed by atoms with E-state index in [1.807, 2.05) is 71.4 Å². The predicted octanol–water partition coefficient (Wildman–Crippen LogP) is 7.61. The average molecular weight is 2060 g/mol. The molecule has 5 aliphatic rings. The lowest BCUT2D eigenvalue weighted by atomic mass is 10.1. The van der Waals surface area contributed by atoms with Crippen LogP contribution in [-0.2, 0) is 83.2 Å². The lowest BCUT2D eigenvalue weighted by Crippen LogP contribution is -2.50. The lowest BCUT2D eigenvalue weighted by Gasteiger charge is -2.28. The zero-order valence-corrected chi connectivity index (χ0v) is 85.9. The van der Waals surface area contributed by atoms with E-state index >= 15 is 0 Å². The number of nitrogens with one attached hydrogen (secondary N) is 11. The molecule has 1 atom stereocenters. The molecule has 0 aliphatic carbocycles. The zero-order chi connectivity index (χ0) is 107. The summed E-state index contributed by atoms with van der Waals surface area (Å²) in [5.74, 6) is 2.09. The summed E-state index contributed by atoms with van der Waals surface area (Å²) in [4.78, 5) is 126. The first-order valence-electron chi connectivity index (χ1n) is 47.9. The van der Waals surface area contributed by atoms with Gasteiger partial charge in [0.2, 0.25) is 5.91 Å². The normalized spacial score (nSPS) is 13.6. The number of carbonyl (C=O) groups excluding carboxylic acids is 8. The number of aromatic nitrogens is 8. The van der Waals surface area contributed by atoms with Gasteiger partial charge in [0.1, 0.15) is 40.4 Å². The molecular formula is C102H141N23O23. The van der Waals surface area contributed by atoms with Crippen LogP contribution in [0.5, 0.6) is 23.0 Å². The van der Waals surface area contributed by atoms with Gasteiger partial charge >= 0.3 is 35.8 Å². The first-order chi connectivity index (χ1) is 71.5. The van der Waals surface area contributed by atoms with E-state index < -0.39 is 17.3 Å². The van der Waals surface area contributed by atoms with E-state index in [0.717, 1.165) is 96.4 Å². The molecule has 8 heterocycles. The van der Waals surface area contributed by atoms with Crippen molar-refractivity contribution in [3.8, 4) is 28.7 Å². The number of anilines is 2. The number of rotatable bonds is 56. The molecule has 0 spiro atoms. The molecule has 13 amide bonds. The molecule has 11 N–H and O–H groups in total. The fourth-order valence-corrected chi connectivity index (χ4v) is 12.9. The highest BCUT2D eigenvalue weighted by molar-refractivity contribution is 5.98. The molecule has 4 aromatic carbocycles. The Balaban J connectivity index is 0.000000243. The Morgan fingerprint density at radius 1 is 0.412 bits per heavy atom. The van der Waals surface area contributed by atoms with E-state index in [9.17, 15) is 47.9 Å². The monoisotopic (exact) mass is 2060 g/mol. The number of likely N-dealkylation sites (N-methyl/N-ethyl adjacent to an activating group) is 3. The second-order valence-electron chi connectivity index (χ2n) is 32.5. The Hall–Kier alpha value is -15.2. The molecule has 3 aromatic heterocycles. The van der Waals surface area contributed by atoms with Crippen LogP contribution in [0.4, 0.5) is 35.3 Å². The molecule has 5 aliphatic heterocycles. The van der Waals surface area contributed by atoms with Gasteiger partial charge in [-0.2, -0.15) is 0 Å². The van der Waals surface area contributed by atoms with Crippen molar-refractivity contribution in [3.63, 3.8) is 0 Å². The maximum atomic E-state index is 12.2. The third kappa shape index (κ3) is 45.6. The number of carbonyl (C=O) groups is 8. The van der Waals surface area contributed by atoms with Crippen LogP contribution in [0.1, 0.15) is 66.8 Å². The Labute approximate surface area is 861 Å². The van der Waals surface area contributed by atoms with Crippen molar-refractivity contribution in [2.75, 3.05) is 203 Å². The van der Waals surface area contributed by atoms with E-state index in [1.165, 1.54) is 41.3 Å². The lowest BCUT2D eigenvalue weighted by molar-refractivity contribution is -0.125. The average Bonchev–Trinajstić information content (AvgIpc) is 1.04. The third-order valence-corrected chi connectivity index (χ3v) is 20.9. The highest BCUT2D eigenvalue weighted by Gasteiger charge is 2.28. The van der Waals surface area contributed by atoms with Crippen molar-refractivity contribution in [3.05, 3.63) is 281 Å². The van der Waals surface area contributed by atoms with Gasteiger partial charge in [0.15, 0.2) is 13.2 Å². The SMILES string of the molecule is C=C1C=CN(C(C)C(=O)NCCOCCOCCOCCOCCOCCCNC)C(=O)N1.C=C1C=CN(Cc2cn(CCOCCOCCOCCOCCNC)nn2)C(=O)N1.C=C1C=CN(Cc2cn(Cc3ccc(OCCCC)cc3)nn2)C(=O)N1.C=C1C=CN(c2ccc(OCC(=O)NC)cc2C)C(=O)N1.C=C1C=CN(c2ccc(OCC(=O)NC)cc2C)C(=O)N1.COc1ccc(-n2ccc(=O)[nH]c2=O)c(C)c1. The number of amides is 13. The maximum Gasteiger partial charge on any atom is 0.332 e. The summed E-state index contributed by atoms with van der Waals surface area (Å²) in [5.41, 5.74) is 9.21. The summed E-state index contributed by atoms with van der Waals surface area (Å²) in [6, 6.07) is 23.2. The summed E-state index contributed by atoms with van der Waals surface area (Å²) in [6.07, 6.45) is 25.1. The summed E-state index contributed by atoms with van der Waals surface area (Å²) in [5, 5.41) is 43.3. The smallest absolute Gasteiger partial charge is 0.332 e. The zero-order valence-electron chi connectivity index (χ0n) is 85.9. The van der Waals surface area contributed by atoms with Crippen molar-refractivity contribution in [1.29, 1.82) is 0 Å². The Kier molecular flexibility index (Phi) is 55.2. The summed E-state index contributed by atoms with van der Waals surface area (Å²) < 4.78 is 75.1. The molecule has 0 fully saturated rings. The molecular weight excluding hydrogens is 1920 g/mol. The van der Waals surface area contributed by atoms with Crippen LogP contribution in [0.25, 0.3) is 5.69 Å². The number of allylic oxidation sites excluding steroid dienone is 5. The number of aryl methyl sites for hydroxylation is 3. The molecule has 802 valence electrons. The van der Waals surface area contributed by atoms with E-state index in [1.54, 1.807) is 154 Å². The highest BCUT2D eigenvalue weighted by atomic mass is 16.6. The summed E-state index contributed by atoms with van der Waals surface area (Å²) in [7, 11) is 8.50. The quantitative estimate of drug-likeness (QED) is 0.0163. The minimum absolute atomic E-state index is 0.0424. The number of ether oxygens (including phenoxy) is 13. The van der Waals surface area contributed by atoms with Crippen molar-refractivity contribution in [2.45, 2.75) is 86.1 Å². The molecule has 12 rings (SSSR count). The van der Waals surface area contributed by atoms with Gasteiger partial charge in [-0.15, -0.1) is 10.2 Å². The Morgan fingerprint density at radius 2 is 0.818 bits per heavy atom. The van der Waals surface area contributed by atoms with Gasteiger partial charge in [-0.05, 0) is 181 Å². The Morgan fingerprint density at radius 3 is 1.26 bits per heavy atom. The fourth-order valence-electron chi connectivity index (χ4n) is 12.9. The van der Waals surface area contributed by atoms with Crippen LogP contribution in [0.15, 0.2) is 236 Å². The number of hydrogen-bond acceptors (Lipinski definition) is 29. The topological polar surface area (TPSA) is 509 Å². The van der Waals surface area contributed by atoms with Crippen molar-refractivity contribution in [1.82, 2.24) is 107 Å². The summed E-state index contributed by atoms with van der Waals surface area (Å²) in [6.45, 7) is 42.0. The van der Waals surface area contributed by atoms with Crippen LogP contribution in [0.3, 0.4) is 0 Å². The number of aromatic amines is 1. The number of hydrogen-bond donors (Lipinski definition) is 11. The maximum absolute atomic E-state index is 12.2. The van der Waals surface area contributed by atoms with E-state index in [-0.39, 0.29) is 61.1 Å². The minimum atomic E-state index is -0.635. The van der Waals surface area contributed by atoms with Crippen molar-refractivity contribution in [2.24, 2.45) is 0 Å². The largest absolute Gasteiger partial charge is 0.497 e. The van der Waals surface area contributed by atoms with Crippen molar-refractivity contribution >= 4 is 59.3 Å². The van der Waals surface area contributed by atoms with Gasteiger partial charge in [-0.3, -0.25) is 53.2 Å². The number of H-pyrrole nitrogens is 1. The molecule has 148 heavy (non-hydrogen) atoms. The first-order valence-corrected chi connectivity index (χ1v) is 47.9. The van der Waals surface area contributed by atoms with E-state index in [0.29, 0.717) is 196 Å². The molecule has 46 nitrogen and oxygen atoms in total. The van der Waals surface area contributed by atoms with Gasteiger partial charge in [0, 0.05) is 106 Å². The van der Waals surface area contributed by atoms with Crippen LogP contribution in [0.2, 0.25) is 0 Å². The van der Waals surface area contributed by atoms with Crippen LogP contribution in [0, 0.1) is 20.8 Å². The van der Waals surface area contributed by atoms with E-state index in [2.05, 4.69) is 119 Å². The first kappa shape index (κ1) is 120. The van der Waals surface area contributed by atoms with Crippen LogP contribution in [-0.4, -0.2) is 302 Å². The number of nitrogens with zero attached hydrogens (tertiary/aromatic N) is 12. The fraction of sp³-hybridized carbons (Fsp3) is 0.412. The number of methoxy groups -OCH3 is 1. The molecule has 0 bridgehead atoms. The van der Waals surface area contributed by atoms with Gasteiger partial charge < -0.3 is 115 Å². The minimum Gasteiger partial charge on any atom is -0.497 e. The van der Waals surface area contributed by atoms with E-state index in [4.69, 9.17) is 61.6 Å². The van der Waals surface area contributed by atoms with Crippen LogP contribution < -0.4 is 93.2 Å². The molecule has 0 saturated carbocycles. The number of unbranched alkanes of at least 4 members (excludes halogenated alkanes) is 1.